The largest absolute Gasteiger partial charge is 0.457 e. The second-order valence-corrected chi connectivity index (χ2v) is 54.9. The lowest BCUT2D eigenvalue weighted by atomic mass is 10.0. The molecule has 2 N–H and O–H groups in total. The molecule has 0 saturated carbocycles. The second kappa shape index (κ2) is 33.1. The Labute approximate surface area is 565 Å². The Hall–Kier alpha value is -4.95. The standard InChI is InChI=1S/C82H124N2O4Si4/c1-55(2)89(56(3)4,57(5)6)77-43-75(44-78(47-77)90(58(7)8,59(9)10)60(11)12)81(85)87-53-73-39-35-71(36-40-73)51-83-49-69-31-27-67(28-32-69)25-26-68-29-33-70(34-30-68)50-84-52-72-37-41-74(42-38-72)54-88-82(86)76-45-79(91(61(13)14,62(15)16)63(17)18)48-80(46-76)92(64(19)20,65(21)22)66(23)24/h27-48,55-66,83-84H,25-26,49-54H2,1-24H3. The molecule has 10 heteroatoms. The molecule has 0 saturated heterocycles. The van der Waals surface area contributed by atoms with Crippen molar-refractivity contribution in [3.8, 4) is 0 Å². The fourth-order valence-electron chi connectivity index (χ4n) is 19.1. The van der Waals surface area contributed by atoms with Crippen LogP contribution in [-0.2, 0) is 61.7 Å². The number of rotatable bonds is 33. The van der Waals surface area contributed by atoms with Gasteiger partial charge in [-0.25, -0.2) is 9.59 Å². The molecule has 6 rings (SSSR count). The predicted octanol–water partition coefficient (Wildman–Crippen LogP) is 20.3. The Bertz CT molecular complexity index is 2880. The van der Waals surface area contributed by atoms with Gasteiger partial charge in [-0.05, 0) is 148 Å². The summed E-state index contributed by atoms with van der Waals surface area (Å²) >= 11 is 0. The van der Waals surface area contributed by atoms with Gasteiger partial charge in [-0.2, -0.15) is 0 Å². The van der Waals surface area contributed by atoms with Crippen LogP contribution in [0.2, 0.25) is 66.5 Å². The smallest absolute Gasteiger partial charge is 0.338 e. The van der Waals surface area contributed by atoms with Gasteiger partial charge in [0.25, 0.3) is 0 Å². The van der Waals surface area contributed by atoms with Crippen molar-refractivity contribution in [3.63, 3.8) is 0 Å². The van der Waals surface area contributed by atoms with E-state index < -0.39 is 32.3 Å². The zero-order chi connectivity index (χ0) is 68.2. The highest BCUT2D eigenvalue weighted by Crippen LogP contribution is 2.46. The van der Waals surface area contributed by atoms with Crippen molar-refractivity contribution in [1.82, 2.24) is 10.6 Å². The van der Waals surface area contributed by atoms with Crippen LogP contribution in [0.3, 0.4) is 0 Å². The normalized spacial score (nSPS) is 13.0. The van der Waals surface area contributed by atoms with E-state index in [9.17, 15) is 9.59 Å². The lowest BCUT2D eigenvalue weighted by Gasteiger charge is -2.47. The summed E-state index contributed by atoms with van der Waals surface area (Å²) < 4.78 is 12.4. The van der Waals surface area contributed by atoms with Gasteiger partial charge in [0.1, 0.15) is 13.2 Å². The van der Waals surface area contributed by atoms with E-state index in [1.54, 1.807) is 0 Å². The van der Waals surface area contributed by atoms with Crippen molar-refractivity contribution in [2.45, 2.75) is 285 Å². The van der Waals surface area contributed by atoms with E-state index >= 15 is 0 Å². The van der Waals surface area contributed by atoms with Gasteiger partial charge >= 0.3 is 11.9 Å². The number of hydrogen-bond acceptors (Lipinski definition) is 6. The Kier molecular flexibility index (Phi) is 27.4. The summed E-state index contributed by atoms with van der Waals surface area (Å²) in [6.07, 6.45) is 1.98. The van der Waals surface area contributed by atoms with Gasteiger partial charge in [0.2, 0.25) is 0 Å². The van der Waals surface area contributed by atoms with E-state index in [1.165, 1.54) is 54.1 Å². The number of aryl methyl sites for hydroxylation is 2. The molecule has 502 valence electrons. The number of hydrogen-bond donors (Lipinski definition) is 2. The molecule has 0 spiro atoms. The van der Waals surface area contributed by atoms with Gasteiger partial charge < -0.3 is 20.1 Å². The van der Waals surface area contributed by atoms with Crippen LogP contribution in [0.1, 0.15) is 231 Å². The maximum atomic E-state index is 14.3. The molecule has 0 radical (unpaired) electrons. The molecule has 0 aliphatic heterocycles. The molecular formula is C82H124N2O4Si4. The van der Waals surface area contributed by atoms with Crippen LogP contribution < -0.4 is 31.4 Å². The molecule has 0 amide bonds. The SMILES string of the molecule is CC(C)[Si](c1cc(C(=O)OCc2ccc(CNCc3ccc(CCc4ccc(CNCc5ccc(COC(=O)c6cc([Si](C(C)C)(C(C)C)C(C)C)cc([Si](C(C)C)(C(C)C)C(C)C)c6)cc5)cc4)cc3)cc2)cc([Si](C(C)C)(C(C)C)C(C)C)c1)(C(C)C)C(C)C. The first-order chi connectivity index (χ1) is 43.3. The van der Waals surface area contributed by atoms with Crippen LogP contribution >= 0.6 is 0 Å². The van der Waals surface area contributed by atoms with Crippen molar-refractivity contribution >= 4 is 65.0 Å². The lowest BCUT2D eigenvalue weighted by molar-refractivity contribution is 0.0464. The molecule has 0 unspecified atom stereocenters. The minimum absolute atomic E-state index is 0.216. The molecule has 0 atom stereocenters. The molecular weight excluding hydrogens is 1190 g/mol. The number of ether oxygens (including phenoxy) is 2. The molecule has 0 aliphatic rings. The van der Waals surface area contributed by atoms with Gasteiger partial charge in [-0.3, -0.25) is 0 Å². The van der Waals surface area contributed by atoms with Crippen LogP contribution in [0.25, 0.3) is 0 Å². The number of nitrogens with one attached hydrogen (secondary N) is 2. The molecule has 0 heterocycles. The van der Waals surface area contributed by atoms with Gasteiger partial charge in [0, 0.05) is 26.2 Å². The molecule has 0 bridgehead atoms. The molecule has 6 aromatic carbocycles. The third kappa shape index (κ3) is 16.6. The summed E-state index contributed by atoms with van der Waals surface area (Å²) in [7, 11) is -8.28. The van der Waals surface area contributed by atoms with Crippen LogP contribution in [0.5, 0.6) is 0 Å². The van der Waals surface area contributed by atoms with Crippen molar-refractivity contribution in [2.75, 3.05) is 0 Å². The van der Waals surface area contributed by atoms with Crippen molar-refractivity contribution in [3.05, 3.63) is 189 Å². The maximum absolute atomic E-state index is 14.3. The molecule has 6 aromatic rings. The van der Waals surface area contributed by atoms with E-state index in [2.05, 4.69) is 310 Å². The molecule has 6 nitrogen and oxygen atoms in total. The number of carbonyl (C=O) groups is 2. The van der Waals surface area contributed by atoms with E-state index in [4.69, 9.17) is 9.47 Å². The minimum atomic E-state index is -2.07. The lowest BCUT2D eigenvalue weighted by Crippen LogP contribution is -2.60. The second-order valence-electron chi connectivity index (χ2n) is 31.3. The minimum Gasteiger partial charge on any atom is -0.457 e. The molecule has 0 aromatic heterocycles. The summed E-state index contributed by atoms with van der Waals surface area (Å²) in [6.45, 7) is 61.6. The van der Waals surface area contributed by atoms with Crippen LogP contribution in [0, 0.1) is 0 Å². The van der Waals surface area contributed by atoms with Gasteiger partial charge in [0.15, 0.2) is 0 Å². The Balaban J connectivity index is 0.966. The van der Waals surface area contributed by atoms with Gasteiger partial charge in [-0.1, -0.05) is 296 Å². The zero-order valence-corrected chi connectivity index (χ0v) is 65.9. The Morgan fingerprint density at radius 1 is 0.272 bits per heavy atom. The van der Waals surface area contributed by atoms with Crippen LogP contribution in [0.15, 0.2) is 133 Å². The summed E-state index contributed by atoms with van der Waals surface area (Å²) in [4.78, 5) is 28.5. The van der Waals surface area contributed by atoms with Crippen molar-refractivity contribution in [1.29, 1.82) is 0 Å². The van der Waals surface area contributed by atoms with E-state index in [-0.39, 0.29) is 25.2 Å². The highest BCUT2D eigenvalue weighted by Gasteiger charge is 2.50. The fraction of sp³-hybridized carbons (Fsp3) is 0.537. The summed E-state index contributed by atoms with van der Waals surface area (Å²) in [5.74, 6) is -0.432. The zero-order valence-electron chi connectivity index (χ0n) is 61.9. The first kappa shape index (κ1) is 76.1. The van der Waals surface area contributed by atoms with Gasteiger partial charge in [0.05, 0.1) is 43.4 Å². The highest BCUT2D eigenvalue weighted by atomic mass is 28.3. The topological polar surface area (TPSA) is 76.7 Å². The van der Waals surface area contributed by atoms with Crippen LogP contribution in [-0.4, -0.2) is 44.2 Å². The quantitative estimate of drug-likeness (QED) is 0.0316. The summed E-state index contributed by atoms with van der Waals surface area (Å²) in [5.41, 5.74) is 17.5. The van der Waals surface area contributed by atoms with E-state index in [1.807, 2.05) is 0 Å². The predicted molar refractivity (Wildman–Crippen MR) is 408 cm³/mol. The summed E-state index contributed by atoms with van der Waals surface area (Å²) in [6, 6.07) is 49.2. The van der Waals surface area contributed by atoms with E-state index in [0.717, 1.165) is 61.3 Å². The maximum Gasteiger partial charge on any atom is 0.338 e. The third-order valence-electron chi connectivity index (χ3n) is 22.7. The number of carbonyl (C=O) groups excluding carboxylic acids is 2. The van der Waals surface area contributed by atoms with E-state index in [0.29, 0.717) is 66.5 Å². The third-order valence-corrected chi connectivity index (χ3v) is 50.7. The van der Waals surface area contributed by atoms with Crippen molar-refractivity contribution < 1.29 is 19.1 Å². The molecule has 92 heavy (non-hydrogen) atoms. The monoisotopic (exact) mass is 1310 g/mol. The average molecular weight is 1310 g/mol. The highest BCUT2D eigenvalue weighted by molar-refractivity contribution is 6.99. The number of benzene rings is 6. The number of esters is 2. The Morgan fingerprint density at radius 2 is 0.446 bits per heavy atom. The van der Waals surface area contributed by atoms with Crippen LogP contribution in [0.4, 0.5) is 0 Å². The summed E-state index contributed by atoms with van der Waals surface area (Å²) in [5, 5.41) is 13.0. The first-order valence-electron chi connectivity index (χ1n) is 35.7. The van der Waals surface area contributed by atoms with Crippen molar-refractivity contribution in [2.24, 2.45) is 0 Å². The average Bonchev–Trinajstić information content (AvgIpc) is 0.747. The fourth-order valence-corrected chi connectivity index (χ4v) is 46.6. The first-order valence-corrected chi connectivity index (χ1v) is 44.6. The Morgan fingerprint density at radius 3 is 0.630 bits per heavy atom. The molecule has 0 aliphatic carbocycles. The van der Waals surface area contributed by atoms with Gasteiger partial charge in [-0.15, -0.1) is 0 Å². The molecule has 0 fully saturated rings.